The molecule has 384 valence electrons. The average Bonchev–Trinajstić information content (AvgIpc) is 3.33. The lowest BCUT2D eigenvalue weighted by molar-refractivity contribution is -0.166. The molecule has 0 bridgehead atoms. The zero-order valence-corrected chi connectivity index (χ0v) is 43.9. The van der Waals surface area contributed by atoms with Gasteiger partial charge in [-0.15, -0.1) is 0 Å². The summed E-state index contributed by atoms with van der Waals surface area (Å²) in [6.45, 7) is 6.51. The Bertz CT molecular complexity index is 1300. The Hall–Kier alpha value is -3.41. The molecule has 0 aromatic rings. The van der Waals surface area contributed by atoms with Crippen molar-refractivity contribution in [3.8, 4) is 0 Å². The number of carbonyl (C=O) groups excluding carboxylic acids is 3. The number of rotatable bonds is 50. The molecule has 0 aliphatic carbocycles. The van der Waals surface area contributed by atoms with Gasteiger partial charge in [0.15, 0.2) is 6.10 Å². The number of carbonyl (C=O) groups is 3. The summed E-state index contributed by atoms with van der Waals surface area (Å²) in [4.78, 5) is 38.0. The van der Waals surface area contributed by atoms with Gasteiger partial charge in [-0.3, -0.25) is 14.4 Å². The molecule has 0 aliphatic heterocycles. The molecular weight excluding hydrogens is 829 g/mol. The predicted octanol–water partition coefficient (Wildman–Crippen LogP) is 18.8. The minimum absolute atomic E-state index is 0.117. The van der Waals surface area contributed by atoms with Crippen LogP contribution in [0.2, 0.25) is 0 Å². The minimum atomic E-state index is -0.829. The number of allylic oxidation sites excluding steroid dienone is 14. The zero-order chi connectivity index (χ0) is 48.6. The molecule has 0 amide bonds. The molecule has 0 rings (SSSR count). The molecule has 6 nitrogen and oxygen atoms in total. The van der Waals surface area contributed by atoms with E-state index in [1.54, 1.807) is 0 Å². The van der Waals surface area contributed by atoms with Crippen LogP contribution in [-0.4, -0.2) is 37.2 Å². The second-order valence-electron chi connectivity index (χ2n) is 18.5. The van der Waals surface area contributed by atoms with Crippen molar-refractivity contribution in [3.05, 3.63) is 85.1 Å². The number of unbranched alkanes of at least 4 members (excludes halogenated alkanes) is 25. The highest BCUT2D eigenvalue weighted by Crippen LogP contribution is 2.14. The highest BCUT2D eigenvalue weighted by molar-refractivity contribution is 5.71. The summed E-state index contributed by atoms with van der Waals surface area (Å²) in [7, 11) is 0. The Labute approximate surface area is 414 Å². The molecule has 0 fully saturated rings. The number of hydrogen-bond donors (Lipinski definition) is 0. The summed E-state index contributed by atoms with van der Waals surface area (Å²) < 4.78 is 16.7. The van der Waals surface area contributed by atoms with Crippen LogP contribution in [0.1, 0.15) is 265 Å². The second-order valence-corrected chi connectivity index (χ2v) is 18.5. The molecule has 0 saturated carbocycles. The highest BCUT2D eigenvalue weighted by Gasteiger charge is 2.19. The van der Waals surface area contributed by atoms with E-state index in [-0.39, 0.29) is 44.0 Å². The predicted molar refractivity (Wildman–Crippen MR) is 288 cm³/mol. The van der Waals surface area contributed by atoms with Gasteiger partial charge in [0, 0.05) is 19.3 Å². The molecule has 0 aliphatic rings. The van der Waals surface area contributed by atoms with Gasteiger partial charge in [0.2, 0.25) is 0 Å². The first-order valence-electron chi connectivity index (χ1n) is 28.1. The Morgan fingerprint density at radius 1 is 0.299 bits per heavy atom. The van der Waals surface area contributed by atoms with Crippen LogP contribution in [0.15, 0.2) is 85.1 Å². The number of hydrogen-bond acceptors (Lipinski definition) is 6. The first-order valence-corrected chi connectivity index (χ1v) is 28.1. The van der Waals surface area contributed by atoms with E-state index in [0.29, 0.717) is 19.3 Å². The van der Waals surface area contributed by atoms with Crippen LogP contribution in [0.3, 0.4) is 0 Å². The molecule has 0 spiro atoms. The van der Waals surface area contributed by atoms with Crippen LogP contribution in [0.25, 0.3) is 0 Å². The average molecular weight is 933 g/mol. The maximum absolute atomic E-state index is 12.8. The summed E-state index contributed by atoms with van der Waals surface area (Å²) in [5.74, 6) is -1.05. The largest absolute Gasteiger partial charge is 0.462 e. The SMILES string of the molecule is CCCCC/C=C\C/C=C\C/C=C\C/C=C\CCCC(=O)OC(COC(=O)CC/C=C\C/C=C\CCCCCCCC)COC(=O)CCCCCCCCC/C=C\CCCCCCCCCC. The van der Waals surface area contributed by atoms with Gasteiger partial charge in [0.05, 0.1) is 0 Å². The van der Waals surface area contributed by atoms with Crippen molar-refractivity contribution in [2.45, 2.75) is 271 Å². The van der Waals surface area contributed by atoms with E-state index in [2.05, 4.69) is 99.8 Å². The summed E-state index contributed by atoms with van der Waals surface area (Å²) in [5, 5.41) is 0. The van der Waals surface area contributed by atoms with Crippen molar-refractivity contribution in [1.82, 2.24) is 0 Å². The molecule has 6 heteroatoms. The molecule has 67 heavy (non-hydrogen) atoms. The van der Waals surface area contributed by atoms with Gasteiger partial charge >= 0.3 is 17.9 Å². The lowest BCUT2D eigenvalue weighted by Crippen LogP contribution is -2.30. The summed E-state index contributed by atoms with van der Waals surface area (Å²) in [6.07, 6.45) is 71.6. The molecule has 0 N–H and O–H groups in total. The van der Waals surface area contributed by atoms with Crippen molar-refractivity contribution in [2.75, 3.05) is 13.2 Å². The third-order valence-corrected chi connectivity index (χ3v) is 11.9. The van der Waals surface area contributed by atoms with E-state index in [1.165, 1.54) is 154 Å². The lowest BCUT2D eigenvalue weighted by Gasteiger charge is -2.18. The first kappa shape index (κ1) is 63.6. The third kappa shape index (κ3) is 53.4. The zero-order valence-electron chi connectivity index (χ0n) is 43.9. The van der Waals surface area contributed by atoms with E-state index in [4.69, 9.17) is 14.2 Å². The highest BCUT2D eigenvalue weighted by atomic mass is 16.6. The normalized spacial score (nSPS) is 12.7. The summed E-state index contributed by atoms with van der Waals surface area (Å²) in [6, 6.07) is 0. The molecule has 0 radical (unpaired) electrons. The van der Waals surface area contributed by atoms with Gasteiger partial charge in [-0.2, -0.15) is 0 Å². The van der Waals surface area contributed by atoms with Crippen molar-refractivity contribution in [2.24, 2.45) is 0 Å². The van der Waals surface area contributed by atoms with Gasteiger partial charge < -0.3 is 14.2 Å². The Kier molecular flexibility index (Phi) is 52.4. The van der Waals surface area contributed by atoms with E-state index >= 15 is 0 Å². The summed E-state index contributed by atoms with van der Waals surface area (Å²) in [5.41, 5.74) is 0. The van der Waals surface area contributed by atoms with E-state index in [0.717, 1.165) is 57.8 Å². The topological polar surface area (TPSA) is 78.9 Å². The van der Waals surface area contributed by atoms with Crippen molar-refractivity contribution in [1.29, 1.82) is 0 Å². The van der Waals surface area contributed by atoms with Gasteiger partial charge in [-0.1, -0.05) is 228 Å². The van der Waals surface area contributed by atoms with Gasteiger partial charge in [0.25, 0.3) is 0 Å². The number of ether oxygens (including phenoxy) is 3. The van der Waals surface area contributed by atoms with Crippen LogP contribution in [0, 0.1) is 0 Å². The smallest absolute Gasteiger partial charge is 0.306 e. The lowest BCUT2D eigenvalue weighted by atomic mass is 10.1. The van der Waals surface area contributed by atoms with E-state index < -0.39 is 6.10 Å². The van der Waals surface area contributed by atoms with Gasteiger partial charge in [-0.25, -0.2) is 0 Å². The molecule has 0 aromatic heterocycles. The van der Waals surface area contributed by atoms with Crippen LogP contribution >= 0.6 is 0 Å². The second kappa shape index (κ2) is 55.2. The molecule has 1 unspecified atom stereocenters. The molecule has 0 heterocycles. The quantitative estimate of drug-likeness (QED) is 0.0262. The molecule has 1 atom stereocenters. The van der Waals surface area contributed by atoms with Crippen molar-refractivity contribution in [3.63, 3.8) is 0 Å². The Morgan fingerprint density at radius 2 is 0.582 bits per heavy atom. The van der Waals surface area contributed by atoms with Gasteiger partial charge in [0.1, 0.15) is 13.2 Å². The van der Waals surface area contributed by atoms with Crippen molar-refractivity contribution >= 4 is 17.9 Å². The van der Waals surface area contributed by atoms with Crippen LogP contribution in [-0.2, 0) is 28.6 Å². The Morgan fingerprint density at radius 3 is 1.01 bits per heavy atom. The fraction of sp³-hybridized carbons (Fsp3) is 0.721. The maximum atomic E-state index is 12.8. The Balaban J connectivity index is 4.50. The first-order chi connectivity index (χ1) is 33.0. The van der Waals surface area contributed by atoms with Gasteiger partial charge in [-0.05, 0) is 103 Å². The van der Waals surface area contributed by atoms with Crippen LogP contribution in [0.4, 0.5) is 0 Å². The maximum Gasteiger partial charge on any atom is 0.306 e. The fourth-order valence-electron chi connectivity index (χ4n) is 7.60. The number of esters is 3. The van der Waals surface area contributed by atoms with Crippen LogP contribution < -0.4 is 0 Å². The minimum Gasteiger partial charge on any atom is -0.462 e. The third-order valence-electron chi connectivity index (χ3n) is 11.9. The van der Waals surface area contributed by atoms with E-state index in [1.807, 2.05) is 6.08 Å². The molecule has 0 aromatic carbocycles. The van der Waals surface area contributed by atoms with E-state index in [9.17, 15) is 14.4 Å². The van der Waals surface area contributed by atoms with Crippen molar-refractivity contribution < 1.29 is 28.6 Å². The molecular formula is C61H104O6. The van der Waals surface area contributed by atoms with Crippen LogP contribution in [0.5, 0.6) is 0 Å². The fourth-order valence-corrected chi connectivity index (χ4v) is 7.60. The molecule has 0 saturated heterocycles. The summed E-state index contributed by atoms with van der Waals surface area (Å²) >= 11 is 0. The monoisotopic (exact) mass is 933 g/mol. The standard InChI is InChI=1S/C61H104O6/c1-4-7-10-13-16-19-22-25-27-29-30-32-33-36-39-42-45-48-51-54-60(63)66-57-58(56-65-59(62)53-50-47-44-41-38-35-24-21-18-15-12-9-6-3)67-61(64)55-52-49-46-43-40-37-34-31-28-26-23-20-17-14-11-8-5-2/h17,20,26,28-30,34-35,37-38,43-44,46-47,58H,4-16,18-19,21-25,27,31-33,36,39-42,45,48-57H2,1-3H3/b20-17-,28-26-,30-29-,37-34-,38-35-,46-43-,47-44-.